The number of carbonyl (C=O) groups excluding carboxylic acids is 4. The number of amides is 6. The summed E-state index contributed by atoms with van der Waals surface area (Å²) < 4.78 is 0. The summed E-state index contributed by atoms with van der Waals surface area (Å²) in [7, 11) is 3.28. The van der Waals surface area contributed by atoms with Gasteiger partial charge in [0.25, 0.3) is 0 Å². The largest absolute Gasteiger partial charge is 0.391 e. The van der Waals surface area contributed by atoms with Gasteiger partial charge in [0.05, 0.1) is 36.6 Å². The minimum Gasteiger partial charge on any atom is -0.391 e. The third-order valence-electron chi connectivity index (χ3n) is 9.69. The van der Waals surface area contributed by atoms with Gasteiger partial charge in [0.15, 0.2) is 0 Å². The molecule has 4 rings (SSSR count). The lowest BCUT2D eigenvalue weighted by Gasteiger charge is -2.32. The Labute approximate surface area is 336 Å². The Bertz CT molecular complexity index is 1830. The average Bonchev–Trinajstić information content (AvgIpc) is 3.19. The summed E-state index contributed by atoms with van der Waals surface area (Å²) in [6.07, 6.45) is 2.98. The summed E-state index contributed by atoms with van der Waals surface area (Å²) in [4.78, 5) is 66.1. The second kappa shape index (κ2) is 22.1. The molecule has 2 aromatic heterocycles. The number of hydrogen-bond donors (Lipinski definition) is 5. The number of aliphatic hydroxyl groups excluding tert-OH is 1. The SMILES string of the molecule is CC(C)[C@@H](NC(=O)N(C)Cc1ccccn1)C(=O)N[C@@H](Cc1ccccc1)C[C@@H](O)[C@H](Cc1ccccc1)NC(=O)[C@H](NC(=O)N(C)Cc1ccccn1)C(C)C. The van der Waals surface area contributed by atoms with E-state index in [0.717, 1.165) is 11.1 Å². The van der Waals surface area contributed by atoms with E-state index in [1.807, 2.05) is 113 Å². The number of benzene rings is 2. The molecule has 2 aromatic carbocycles. The molecule has 5 N–H and O–H groups in total. The third-order valence-corrected chi connectivity index (χ3v) is 9.69. The van der Waals surface area contributed by atoms with Gasteiger partial charge in [-0.15, -0.1) is 0 Å². The van der Waals surface area contributed by atoms with E-state index in [2.05, 4.69) is 31.2 Å². The molecule has 4 aromatic rings. The first-order valence-corrected chi connectivity index (χ1v) is 19.5. The van der Waals surface area contributed by atoms with E-state index in [0.29, 0.717) is 24.2 Å². The first kappa shape index (κ1) is 43.9. The molecule has 0 fully saturated rings. The molecule has 0 unspecified atom stereocenters. The van der Waals surface area contributed by atoms with Gasteiger partial charge >= 0.3 is 12.1 Å². The minimum atomic E-state index is -1.12. The van der Waals surface area contributed by atoms with Crippen LogP contribution in [0.3, 0.4) is 0 Å². The smallest absolute Gasteiger partial charge is 0.318 e. The molecule has 13 heteroatoms. The molecule has 0 radical (unpaired) electrons. The maximum absolute atomic E-state index is 14.0. The fraction of sp³-hybridized carbons (Fsp3) is 0.409. The second-order valence-electron chi connectivity index (χ2n) is 15.2. The van der Waals surface area contributed by atoms with E-state index in [9.17, 15) is 24.3 Å². The molecular weight excluding hydrogens is 721 g/mol. The summed E-state index contributed by atoms with van der Waals surface area (Å²) in [5.41, 5.74) is 3.25. The minimum absolute atomic E-state index is 0.0856. The summed E-state index contributed by atoms with van der Waals surface area (Å²) in [5.74, 6) is -1.36. The molecule has 5 atom stereocenters. The van der Waals surface area contributed by atoms with Crippen molar-refractivity contribution in [2.75, 3.05) is 14.1 Å². The van der Waals surface area contributed by atoms with Gasteiger partial charge in [-0.05, 0) is 66.5 Å². The Kier molecular flexibility index (Phi) is 17.0. The molecule has 0 spiro atoms. The number of nitrogens with one attached hydrogen (secondary N) is 4. The highest BCUT2D eigenvalue weighted by Crippen LogP contribution is 2.16. The fourth-order valence-corrected chi connectivity index (χ4v) is 6.43. The molecule has 0 bridgehead atoms. The van der Waals surface area contributed by atoms with Crippen LogP contribution in [0.1, 0.15) is 56.6 Å². The lowest BCUT2D eigenvalue weighted by atomic mass is 9.92. The van der Waals surface area contributed by atoms with Gasteiger partial charge < -0.3 is 36.2 Å². The van der Waals surface area contributed by atoms with Crippen molar-refractivity contribution in [2.45, 2.75) is 90.3 Å². The van der Waals surface area contributed by atoms with Crippen LogP contribution in [0.4, 0.5) is 9.59 Å². The maximum Gasteiger partial charge on any atom is 0.318 e. The number of nitrogens with zero attached hydrogens (tertiary/aromatic N) is 4. The summed E-state index contributed by atoms with van der Waals surface area (Å²) in [5, 5.41) is 23.9. The molecular formula is C44H58N8O5. The van der Waals surface area contributed by atoms with Crippen LogP contribution >= 0.6 is 0 Å². The van der Waals surface area contributed by atoms with Crippen molar-refractivity contribution in [1.29, 1.82) is 0 Å². The van der Waals surface area contributed by atoms with Gasteiger partial charge in [-0.25, -0.2) is 9.59 Å². The van der Waals surface area contributed by atoms with Crippen molar-refractivity contribution < 1.29 is 24.3 Å². The van der Waals surface area contributed by atoms with Crippen LogP contribution in [0.15, 0.2) is 109 Å². The topological polar surface area (TPSA) is 169 Å². The van der Waals surface area contributed by atoms with Gasteiger partial charge in [-0.2, -0.15) is 0 Å². The van der Waals surface area contributed by atoms with Crippen LogP contribution in [-0.4, -0.2) is 93.1 Å². The van der Waals surface area contributed by atoms with Crippen LogP contribution in [0.2, 0.25) is 0 Å². The van der Waals surface area contributed by atoms with E-state index in [-0.39, 0.29) is 31.3 Å². The monoisotopic (exact) mass is 778 g/mol. The highest BCUT2D eigenvalue weighted by Gasteiger charge is 2.33. The molecule has 0 saturated carbocycles. The standard InChI is InChI=1S/C44H58N8O5/c1-30(2)39(49-43(56)51(5)28-34-21-13-15-23-45-34)41(54)47-36(25-32-17-9-7-10-18-32)27-38(53)37(26-33-19-11-8-12-20-33)48-42(55)40(31(3)4)50-44(57)52(6)29-35-22-14-16-24-46-35/h7-24,30-31,36-40,53H,25-29H2,1-6H3,(H,47,54)(H,48,55)(H,49,56)(H,50,57)/t36-,37-,38+,39+,40+/m0/s1. The Morgan fingerprint density at radius 2 is 1.00 bits per heavy atom. The second-order valence-corrected chi connectivity index (χ2v) is 15.2. The van der Waals surface area contributed by atoms with E-state index in [4.69, 9.17) is 0 Å². The van der Waals surface area contributed by atoms with E-state index in [1.54, 1.807) is 38.6 Å². The quantitative estimate of drug-likeness (QED) is 0.0919. The number of hydrogen-bond acceptors (Lipinski definition) is 7. The molecule has 0 saturated heterocycles. The Morgan fingerprint density at radius 3 is 1.42 bits per heavy atom. The lowest BCUT2D eigenvalue weighted by molar-refractivity contribution is -0.126. The summed E-state index contributed by atoms with van der Waals surface area (Å²) in [6.45, 7) is 7.92. The molecule has 57 heavy (non-hydrogen) atoms. The van der Waals surface area contributed by atoms with E-state index < -0.39 is 54.1 Å². The number of pyridine rings is 2. The number of carbonyl (C=O) groups is 4. The lowest BCUT2D eigenvalue weighted by Crippen LogP contribution is -2.58. The first-order chi connectivity index (χ1) is 27.3. The first-order valence-electron chi connectivity index (χ1n) is 19.5. The number of aromatic nitrogens is 2. The molecule has 13 nitrogen and oxygen atoms in total. The number of aliphatic hydroxyl groups is 1. The van der Waals surface area contributed by atoms with Gasteiger partial charge in [0.1, 0.15) is 12.1 Å². The van der Waals surface area contributed by atoms with Gasteiger partial charge in [-0.1, -0.05) is 100 Å². The van der Waals surface area contributed by atoms with Crippen LogP contribution in [0.5, 0.6) is 0 Å². The Morgan fingerprint density at radius 1 is 0.579 bits per heavy atom. The zero-order chi connectivity index (χ0) is 41.3. The highest BCUT2D eigenvalue weighted by molar-refractivity contribution is 5.88. The van der Waals surface area contributed by atoms with Crippen molar-refractivity contribution in [2.24, 2.45) is 11.8 Å². The average molecular weight is 779 g/mol. The van der Waals surface area contributed by atoms with Gasteiger partial charge in [0, 0.05) is 32.5 Å². The number of urea groups is 2. The number of rotatable bonds is 19. The molecule has 2 heterocycles. The summed E-state index contributed by atoms with van der Waals surface area (Å²) >= 11 is 0. The predicted octanol–water partition coefficient (Wildman–Crippen LogP) is 4.71. The third kappa shape index (κ3) is 14.3. The van der Waals surface area contributed by atoms with Crippen molar-refractivity contribution in [1.82, 2.24) is 41.0 Å². The summed E-state index contributed by atoms with van der Waals surface area (Å²) in [6, 6.07) is 26.1. The van der Waals surface area contributed by atoms with Crippen LogP contribution < -0.4 is 21.3 Å². The fourth-order valence-electron chi connectivity index (χ4n) is 6.43. The Hall–Kier alpha value is -5.82. The molecule has 0 aliphatic rings. The maximum atomic E-state index is 14.0. The van der Waals surface area contributed by atoms with E-state index >= 15 is 0 Å². The highest BCUT2D eigenvalue weighted by atomic mass is 16.3. The van der Waals surface area contributed by atoms with Crippen LogP contribution in [0.25, 0.3) is 0 Å². The van der Waals surface area contributed by atoms with Crippen molar-refractivity contribution >= 4 is 23.9 Å². The normalized spacial score (nSPS) is 13.8. The van der Waals surface area contributed by atoms with Crippen LogP contribution in [0, 0.1) is 11.8 Å². The van der Waals surface area contributed by atoms with Crippen molar-refractivity contribution in [3.05, 3.63) is 132 Å². The molecule has 304 valence electrons. The Balaban J connectivity index is 1.52. The van der Waals surface area contributed by atoms with Crippen molar-refractivity contribution in [3.8, 4) is 0 Å². The van der Waals surface area contributed by atoms with Crippen molar-refractivity contribution in [3.63, 3.8) is 0 Å². The van der Waals surface area contributed by atoms with Gasteiger partial charge in [-0.3, -0.25) is 19.6 Å². The van der Waals surface area contributed by atoms with Crippen LogP contribution in [-0.2, 0) is 35.5 Å². The zero-order valence-corrected chi connectivity index (χ0v) is 33.8. The van der Waals surface area contributed by atoms with E-state index in [1.165, 1.54) is 9.80 Å². The molecule has 0 aliphatic heterocycles. The molecule has 6 amide bonds. The zero-order valence-electron chi connectivity index (χ0n) is 33.8. The van der Waals surface area contributed by atoms with Gasteiger partial charge in [0.2, 0.25) is 11.8 Å². The molecule has 0 aliphatic carbocycles. The predicted molar refractivity (Wildman–Crippen MR) is 221 cm³/mol.